The fourth-order valence-corrected chi connectivity index (χ4v) is 2.52. The number of carboxylic acids is 1. The summed E-state index contributed by atoms with van der Waals surface area (Å²) in [5, 5.41) is 19.5. The van der Waals surface area contributed by atoms with Crippen LogP contribution in [0.4, 0.5) is 0 Å². The summed E-state index contributed by atoms with van der Waals surface area (Å²) in [5.41, 5.74) is 0. The molecule has 1 aromatic heterocycles. The van der Waals surface area contributed by atoms with Gasteiger partial charge in [-0.3, -0.25) is 9.59 Å². The van der Waals surface area contributed by atoms with E-state index in [1.54, 1.807) is 10.9 Å². The summed E-state index contributed by atoms with van der Waals surface area (Å²) in [4.78, 5) is 22.9. The third kappa shape index (κ3) is 2.91. The van der Waals surface area contributed by atoms with Crippen molar-refractivity contribution in [2.75, 3.05) is 0 Å². The Labute approximate surface area is 111 Å². The van der Waals surface area contributed by atoms with Gasteiger partial charge in [-0.1, -0.05) is 0 Å². The van der Waals surface area contributed by atoms with Gasteiger partial charge in [-0.25, -0.2) is 0 Å². The number of amides is 1. The molecule has 0 bridgehead atoms. The van der Waals surface area contributed by atoms with Crippen LogP contribution < -0.4 is 5.32 Å². The molecule has 2 N–H and O–H groups in total. The minimum absolute atomic E-state index is 0.0979. The lowest BCUT2D eigenvalue weighted by Crippen LogP contribution is -2.33. The van der Waals surface area contributed by atoms with Gasteiger partial charge in [-0.2, -0.15) is 0 Å². The van der Waals surface area contributed by atoms with Gasteiger partial charge in [-0.05, 0) is 26.2 Å². The van der Waals surface area contributed by atoms with Crippen LogP contribution in [0.25, 0.3) is 0 Å². The van der Waals surface area contributed by atoms with E-state index in [2.05, 4.69) is 15.5 Å². The first kappa shape index (κ1) is 13.5. The Kier molecular flexibility index (Phi) is 3.82. The molecule has 3 atom stereocenters. The number of carboxylic acid groups (broad SMARTS) is 1. The van der Waals surface area contributed by atoms with Gasteiger partial charge in [-0.15, -0.1) is 10.2 Å². The van der Waals surface area contributed by atoms with Crippen LogP contribution in [0, 0.1) is 11.8 Å². The molecule has 0 radical (unpaired) electrons. The molecular formula is C12H18N4O3. The smallest absolute Gasteiger partial charge is 0.306 e. The Morgan fingerprint density at radius 1 is 1.47 bits per heavy atom. The van der Waals surface area contributed by atoms with E-state index in [9.17, 15) is 9.59 Å². The molecule has 0 saturated heterocycles. The van der Waals surface area contributed by atoms with Gasteiger partial charge in [0.15, 0.2) is 5.82 Å². The molecule has 0 aromatic carbocycles. The quantitative estimate of drug-likeness (QED) is 0.826. The maximum absolute atomic E-state index is 12.1. The zero-order valence-corrected chi connectivity index (χ0v) is 11.0. The highest BCUT2D eigenvalue weighted by Gasteiger charge is 2.34. The lowest BCUT2D eigenvalue weighted by Gasteiger charge is -2.16. The van der Waals surface area contributed by atoms with Crippen molar-refractivity contribution in [1.29, 1.82) is 0 Å². The maximum atomic E-state index is 12.1. The third-order valence-corrected chi connectivity index (χ3v) is 3.65. The van der Waals surface area contributed by atoms with Crippen molar-refractivity contribution < 1.29 is 14.7 Å². The van der Waals surface area contributed by atoms with Gasteiger partial charge in [0.2, 0.25) is 5.91 Å². The van der Waals surface area contributed by atoms with E-state index >= 15 is 0 Å². The van der Waals surface area contributed by atoms with E-state index in [-0.39, 0.29) is 23.8 Å². The second-order valence-electron chi connectivity index (χ2n) is 5.08. The first-order valence-corrected chi connectivity index (χ1v) is 6.36. The standard InChI is InChI=1S/C12H18N4O3/c1-7(10-15-13-6-16(10)2)14-11(17)8-3-4-9(5-8)12(18)19/h6-9H,3-5H2,1-2H3,(H,14,17)(H,18,19). The number of rotatable bonds is 4. The summed E-state index contributed by atoms with van der Waals surface area (Å²) in [7, 11) is 1.81. The largest absolute Gasteiger partial charge is 0.481 e. The average Bonchev–Trinajstić information content (AvgIpc) is 2.96. The van der Waals surface area contributed by atoms with Crippen molar-refractivity contribution in [1.82, 2.24) is 20.1 Å². The molecule has 0 aliphatic heterocycles. The monoisotopic (exact) mass is 266 g/mol. The molecule has 2 rings (SSSR count). The fourth-order valence-electron chi connectivity index (χ4n) is 2.52. The highest BCUT2D eigenvalue weighted by atomic mass is 16.4. The molecule has 1 aliphatic carbocycles. The summed E-state index contributed by atoms with van der Waals surface area (Å²) in [5.74, 6) is -0.824. The number of hydrogen-bond donors (Lipinski definition) is 2. The van der Waals surface area contributed by atoms with Crippen LogP contribution in [0.5, 0.6) is 0 Å². The zero-order chi connectivity index (χ0) is 14.0. The van der Waals surface area contributed by atoms with Gasteiger partial charge in [0, 0.05) is 13.0 Å². The van der Waals surface area contributed by atoms with E-state index in [0.717, 1.165) is 0 Å². The molecule has 0 spiro atoms. The van der Waals surface area contributed by atoms with Gasteiger partial charge < -0.3 is 15.0 Å². The van der Waals surface area contributed by atoms with E-state index in [1.165, 1.54) is 0 Å². The molecule has 1 aromatic rings. The van der Waals surface area contributed by atoms with Crippen molar-refractivity contribution in [2.24, 2.45) is 18.9 Å². The third-order valence-electron chi connectivity index (χ3n) is 3.65. The van der Waals surface area contributed by atoms with Crippen molar-refractivity contribution in [3.05, 3.63) is 12.2 Å². The predicted octanol–water partition coefficient (Wildman–Crippen LogP) is 0.493. The van der Waals surface area contributed by atoms with E-state index in [1.807, 2.05) is 14.0 Å². The average molecular weight is 266 g/mol. The van der Waals surface area contributed by atoms with E-state index in [4.69, 9.17) is 5.11 Å². The molecule has 1 aliphatic rings. The minimum atomic E-state index is -0.809. The molecule has 1 heterocycles. The molecule has 1 fully saturated rings. The summed E-state index contributed by atoms with van der Waals surface area (Å²) in [6.07, 6.45) is 3.21. The first-order valence-electron chi connectivity index (χ1n) is 6.36. The van der Waals surface area contributed by atoms with Crippen LogP contribution in [0.3, 0.4) is 0 Å². The van der Waals surface area contributed by atoms with Gasteiger partial charge in [0.25, 0.3) is 0 Å². The molecule has 104 valence electrons. The van der Waals surface area contributed by atoms with Crippen LogP contribution in [-0.2, 0) is 16.6 Å². The number of nitrogens with zero attached hydrogens (tertiary/aromatic N) is 3. The lowest BCUT2D eigenvalue weighted by molar-refractivity contribution is -0.141. The number of hydrogen-bond acceptors (Lipinski definition) is 4. The molecule has 1 saturated carbocycles. The lowest BCUT2D eigenvalue weighted by atomic mass is 10.0. The molecule has 19 heavy (non-hydrogen) atoms. The zero-order valence-electron chi connectivity index (χ0n) is 11.0. The second kappa shape index (κ2) is 5.38. The number of aryl methyl sites for hydroxylation is 1. The van der Waals surface area contributed by atoms with Crippen LogP contribution in [-0.4, -0.2) is 31.7 Å². The predicted molar refractivity (Wildman–Crippen MR) is 66.0 cm³/mol. The highest BCUT2D eigenvalue weighted by molar-refractivity contribution is 5.81. The molecule has 1 amide bonds. The van der Waals surface area contributed by atoms with Crippen LogP contribution in [0.2, 0.25) is 0 Å². The van der Waals surface area contributed by atoms with E-state index in [0.29, 0.717) is 25.1 Å². The fraction of sp³-hybridized carbons (Fsp3) is 0.667. The minimum Gasteiger partial charge on any atom is -0.481 e. The van der Waals surface area contributed by atoms with Gasteiger partial charge in [0.05, 0.1) is 12.0 Å². The first-order chi connectivity index (χ1) is 8.99. The molecule has 7 nitrogen and oxygen atoms in total. The maximum Gasteiger partial charge on any atom is 0.306 e. The summed E-state index contributed by atoms with van der Waals surface area (Å²) >= 11 is 0. The Balaban J connectivity index is 1.92. The summed E-state index contributed by atoms with van der Waals surface area (Å²) < 4.78 is 1.75. The van der Waals surface area contributed by atoms with Crippen LogP contribution >= 0.6 is 0 Å². The Bertz CT molecular complexity index is 485. The Morgan fingerprint density at radius 2 is 2.16 bits per heavy atom. The Hall–Kier alpha value is -1.92. The molecule has 7 heteroatoms. The van der Waals surface area contributed by atoms with Crippen molar-refractivity contribution in [3.8, 4) is 0 Å². The number of carbonyl (C=O) groups is 2. The van der Waals surface area contributed by atoms with Crippen LogP contribution in [0.1, 0.15) is 38.1 Å². The number of aliphatic carboxylic acids is 1. The van der Waals surface area contributed by atoms with Gasteiger partial charge >= 0.3 is 5.97 Å². The topological polar surface area (TPSA) is 97.1 Å². The molecular weight excluding hydrogens is 248 g/mol. The number of nitrogens with one attached hydrogen (secondary N) is 1. The van der Waals surface area contributed by atoms with Crippen molar-refractivity contribution in [3.63, 3.8) is 0 Å². The number of carbonyl (C=O) groups excluding carboxylic acids is 1. The number of aromatic nitrogens is 3. The van der Waals surface area contributed by atoms with Crippen molar-refractivity contribution >= 4 is 11.9 Å². The van der Waals surface area contributed by atoms with Crippen molar-refractivity contribution in [2.45, 2.75) is 32.2 Å². The van der Waals surface area contributed by atoms with Crippen LogP contribution in [0.15, 0.2) is 6.33 Å². The second-order valence-corrected chi connectivity index (χ2v) is 5.08. The summed E-state index contributed by atoms with van der Waals surface area (Å²) in [6.45, 7) is 1.84. The Morgan fingerprint density at radius 3 is 2.68 bits per heavy atom. The highest BCUT2D eigenvalue weighted by Crippen LogP contribution is 2.31. The van der Waals surface area contributed by atoms with Gasteiger partial charge in [0.1, 0.15) is 6.33 Å². The van der Waals surface area contributed by atoms with E-state index < -0.39 is 5.97 Å². The summed E-state index contributed by atoms with van der Waals surface area (Å²) in [6, 6.07) is -0.233. The normalized spacial score (nSPS) is 24.1. The SMILES string of the molecule is CC(NC(=O)C1CCC(C(=O)O)C1)c1nncn1C. The molecule has 3 unspecified atom stereocenters.